The third-order valence-corrected chi connectivity index (χ3v) is 7.33. The minimum atomic E-state index is -0.110. The number of aldehydes is 1. The third kappa shape index (κ3) is 1.99. The summed E-state index contributed by atoms with van der Waals surface area (Å²) in [6.07, 6.45) is 14.4. The van der Waals surface area contributed by atoms with Crippen LogP contribution in [-0.4, -0.2) is 6.29 Å². The fourth-order valence-corrected chi connectivity index (χ4v) is 5.95. The zero-order valence-electron chi connectivity index (χ0n) is 14.0. The molecule has 0 aliphatic heterocycles. The van der Waals surface area contributed by atoms with Crippen LogP contribution in [0, 0.1) is 28.1 Å². The maximum absolute atomic E-state index is 11.8. The lowest BCUT2D eigenvalue weighted by atomic mass is 9.45. The van der Waals surface area contributed by atoms with E-state index in [2.05, 4.69) is 39.5 Å². The fourth-order valence-electron chi connectivity index (χ4n) is 5.95. The van der Waals surface area contributed by atoms with Gasteiger partial charge in [-0.15, -0.1) is 6.58 Å². The topological polar surface area (TPSA) is 17.1 Å². The summed E-state index contributed by atoms with van der Waals surface area (Å²) in [5.41, 5.74) is 2.05. The van der Waals surface area contributed by atoms with Crippen molar-refractivity contribution in [2.75, 3.05) is 0 Å². The van der Waals surface area contributed by atoms with E-state index < -0.39 is 0 Å². The molecule has 3 rings (SSSR count). The van der Waals surface area contributed by atoms with Gasteiger partial charge in [0.2, 0.25) is 0 Å². The molecule has 5 atom stereocenters. The van der Waals surface area contributed by atoms with Crippen molar-refractivity contribution in [1.29, 1.82) is 0 Å². The fraction of sp³-hybridized carbons (Fsp3) is 0.750. The van der Waals surface area contributed by atoms with Gasteiger partial charge in [-0.1, -0.05) is 44.9 Å². The molecule has 0 aromatic rings. The molecule has 0 aromatic carbocycles. The van der Waals surface area contributed by atoms with Gasteiger partial charge >= 0.3 is 0 Å². The first kappa shape index (κ1) is 15.1. The largest absolute Gasteiger partial charge is 0.303 e. The summed E-state index contributed by atoms with van der Waals surface area (Å²) in [4.78, 5) is 11.8. The lowest BCUT2D eigenvalue weighted by Crippen LogP contribution is -2.52. The average Bonchev–Trinajstić information content (AvgIpc) is 2.48. The molecular formula is C20H30O. The monoisotopic (exact) mass is 286 g/mol. The van der Waals surface area contributed by atoms with E-state index in [1.165, 1.54) is 44.8 Å². The molecule has 3 aliphatic carbocycles. The molecular weight excluding hydrogens is 256 g/mol. The van der Waals surface area contributed by atoms with Crippen molar-refractivity contribution in [3.63, 3.8) is 0 Å². The highest BCUT2D eigenvalue weighted by molar-refractivity contribution is 5.60. The molecule has 0 heterocycles. The number of rotatable bonds is 2. The molecule has 116 valence electrons. The number of carbonyl (C=O) groups is 1. The SMILES string of the molecule is C=C[C@@]1(C)CCC=C2C1CCC1[C@@]2(C)CCC[C@@]1(C)C=O. The van der Waals surface area contributed by atoms with Crippen molar-refractivity contribution in [2.45, 2.75) is 65.7 Å². The molecule has 2 fully saturated rings. The van der Waals surface area contributed by atoms with Crippen molar-refractivity contribution < 1.29 is 4.79 Å². The van der Waals surface area contributed by atoms with E-state index in [1.807, 2.05) is 0 Å². The van der Waals surface area contributed by atoms with E-state index in [0.717, 1.165) is 6.42 Å². The molecule has 0 amide bonds. The molecule has 0 aromatic heterocycles. The maximum Gasteiger partial charge on any atom is 0.126 e. The minimum Gasteiger partial charge on any atom is -0.303 e. The van der Waals surface area contributed by atoms with Crippen molar-refractivity contribution >= 4 is 6.29 Å². The summed E-state index contributed by atoms with van der Waals surface area (Å²) in [6.45, 7) is 11.2. The Morgan fingerprint density at radius 3 is 2.57 bits per heavy atom. The van der Waals surface area contributed by atoms with Gasteiger partial charge in [-0.05, 0) is 61.2 Å². The molecule has 0 saturated heterocycles. The van der Waals surface area contributed by atoms with E-state index in [0.29, 0.717) is 11.8 Å². The van der Waals surface area contributed by atoms with E-state index in [4.69, 9.17) is 0 Å². The quantitative estimate of drug-likeness (QED) is 0.496. The Morgan fingerprint density at radius 2 is 1.90 bits per heavy atom. The van der Waals surface area contributed by atoms with Gasteiger partial charge in [-0.2, -0.15) is 0 Å². The van der Waals surface area contributed by atoms with Crippen molar-refractivity contribution in [1.82, 2.24) is 0 Å². The minimum absolute atomic E-state index is 0.110. The lowest BCUT2D eigenvalue weighted by molar-refractivity contribution is -0.126. The van der Waals surface area contributed by atoms with Gasteiger partial charge in [-0.25, -0.2) is 0 Å². The lowest BCUT2D eigenvalue weighted by Gasteiger charge is -2.59. The molecule has 0 spiro atoms. The second-order valence-corrected chi connectivity index (χ2v) is 8.49. The highest BCUT2D eigenvalue weighted by Crippen LogP contribution is 2.64. The van der Waals surface area contributed by atoms with Crippen LogP contribution in [0.25, 0.3) is 0 Å². The first-order valence-electron chi connectivity index (χ1n) is 8.70. The highest BCUT2D eigenvalue weighted by atomic mass is 16.1. The van der Waals surface area contributed by atoms with Gasteiger partial charge in [0.05, 0.1) is 0 Å². The summed E-state index contributed by atoms with van der Waals surface area (Å²) in [6, 6.07) is 0. The van der Waals surface area contributed by atoms with E-state index in [1.54, 1.807) is 5.57 Å². The molecule has 2 saturated carbocycles. The molecule has 2 unspecified atom stereocenters. The van der Waals surface area contributed by atoms with Crippen LogP contribution in [0.2, 0.25) is 0 Å². The molecule has 1 heteroatoms. The zero-order chi connectivity index (χ0) is 15.3. The smallest absolute Gasteiger partial charge is 0.126 e. The Bertz CT molecular complexity index is 490. The predicted molar refractivity (Wildman–Crippen MR) is 88.0 cm³/mol. The molecule has 3 aliphatic rings. The number of hydrogen-bond acceptors (Lipinski definition) is 1. The van der Waals surface area contributed by atoms with Crippen LogP contribution in [-0.2, 0) is 4.79 Å². The Labute approximate surface area is 129 Å². The van der Waals surface area contributed by atoms with Crippen molar-refractivity contribution in [3.05, 3.63) is 24.3 Å². The van der Waals surface area contributed by atoms with Crippen LogP contribution in [0.3, 0.4) is 0 Å². The number of hydrogen-bond donors (Lipinski definition) is 0. The third-order valence-electron chi connectivity index (χ3n) is 7.33. The standard InChI is InChI=1S/C20H30O/c1-5-18(2)11-6-8-16-15(18)9-10-17-19(3,14-21)12-7-13-20(16,17)4/h5,8,14-15,17H,1,6-7,9-13H2,2-4H3/t15?,17?,18-,19-,20-/m0/s1. The van der Waals surface area contributed by atoms with Gasteiger partial charge in [0.15, 0.2) is 0 Å². The molecule has 0 radical (unpaired) electrons. The van der Waals surface area contributed by atoms with Gasteiger partial charge in [0.25, 0.3) is 0 Å². The molecule has 0 bridgehead atoms. The van der Waals surface area contributed by atoms with Crippen LogP contribution in [0.1, 0.15) is 65.7 Å². The summed E-state index contributed by atoms with van der Waals surface area (Å²) >= 11 is 0. The number of fused-ring (bicyclic) bond motifs is 3. The van der Waals surface area contributed by atoms with Crippen molar-refractivity contribution in [2.24, 2.45) is 28.1 Å². The summed E-state index contributed by atoms with van der Waals surface area (Å²) in [5.74, 6) is 1.19. The summed E-state index contributed by atoms with van der Waals surface area (Å²) in [7, 11) is 0. The van der Waals surface area contributed by atoms with E-state index in [9.17, 15) is 4.79 Å². The maximum atomic E-state index is 11.8. The molecule has 1 nitrogen and oxygen atoms in total. The van der Waals surface area contributed by atoms with Crippen molar-refractivity contribution in [3.8, 4) is 0 Å². The van der Waals surface area contributed by atoms with Gasteiger partial charge < -0.3 is 4.79 Å². The Hall–Kier alpha value is -0.850. The second-order valence-electron chi connectivity index (χ2n) is 8.49. The summed E-state index contributed by atoms with van der Waals surface area (Å²) < 4.78 is 0. The van der Waals surface area contributed by atoms with Crippen LogP contribution >= 0.6 is 0 Å². The normalized spacial score (nSPS) is 49.6. The number of carbonyl (C=O) groups excluding carboxylic acids is 1. The van der Waals surface area contributed by atoms with E-state index in [-0.39, 0.29) is 16.2 Å². The zero-order valence-corrected chi connectivity index (χ0v) is 14.0. The Kier molecular flexibility index (Phi) is 3.46. The van der Waals surface area contributed by atoms with Gasteiger partial charge in [0, 0.05) is 5.41 Å². The van der Waals surface area contributed by atoms with Crippen LogP contribution in [0.4, 0.5) is 0 Å². The number of allylic oxidation sites excluding steroid dienone is 3. The first-order chi connectivity index (χ1) is 9.89. The van der Waals surface area contributed by atoms with Crippen LogP contribution < -0.4 is 0 Å². The first-order valence-corrected chi connectivity index (χ1v) is 8.70. The Balaban J connectivity index is 2.04. The summed E-state index contributed by atoms with van der Waals surface area (Å²) in [5, 5.41) is 0. The molecule has 0 N–H and O–H groups in total. The van der Waals surface area contributed by atoms with Crippen LogP contribution in [0.5, 0.6) is 0 Å². The van der Waals surface area contributed by atoms with Crippen LogP contribution in [0.15, 0.2) is 24.3 Å². The molecule has 21 heavy (non-hydrogen) atoms. The predicted octanol–water partition coefficient (Wildman–Crippen LogP) is 5.32. The van der Waals surface area contributed by atoms with Gasteiger partial charge in [-0.3, -0.25) is 0 Å². The highest BCUT2D eigenvalue weighted by Gasteiger charge is 2.56. The van der Waals surface area contributed by atoms with Gasteiger partial charge in [0.1, 0.15) is 6.29 Å². The average molecular weight is 286 g/mol. The second kappa shape index (κ2) is 4.83. The Morgan fingerprint density at radius 1 is 1.14 bits per heavy atom. The van der Waals surface area contributed by atoms with E-state index >= 15 is 0 Å².